The van der Waals surface area contributed by atoms with Gasteiger partial charge in [-0.1, -0.05) is 0 Å². The van der Waals surface area contributed by atoms with Gasteiger partial charge in [-0.25, -0.2) is 9.97 Å². The lowest BCUT2D eigenvalue weighted by molar-refractivity contribution is 0.327. The van der Waals surface area contributed by atoms with Crippen molar-refractivity contribution in [3.63, 3.8) is 0 Å². The first-order valence-corrected chi connectivity index (χ1v) is 7.40. The number of rotatable bonds is 3. The van der Waals surface area contributed by atoms with Crippen LogP contribution in [0.15, 0.2) is 42.7 Å². The average molecular weight is 308 g/mol. The summed E-state index contributed by atoms with van der Waals surface area (Å²) in [5.41, 5.74) is 2.74. The van der Waals surface area contributed by atoms with E-state index in [4.69, 9.17) is 9.47 Å². The van der Waals surface area contributed by atoms with Gasteiger partial charge in [0, 0.05) is 12.2 Å². The molecular formula is C17H16N4O2. The van der Waals surface area contributed by atoms with Gasteiger partial charge >= 0.3 is 0 Å². The summed E-state index contributed by atoms with van der Waals surface area (Å²) in [6, 6.07) is 11.7. The number of fused-ring (bicyclic) bond motifs is 3. The molecule has 4 rings (SSSR count). The highest BCUT2D eigenvalue weighted by Gasteiger charge is 2.17. The van der Waals surface area contributed by atoms with E-state index < -0.39 is 0 Å². The Morgan fingerprint density at radius 3 is 2.83 bits per heavy atom. The zero-order valence-electron chi connectivity index (χ0n) is 12.7. The smallest absolute Gasteiger partial charge is 0.155 e. The van der Waals surface area contributed by atoms with Crippen LogP contribution in [0.5, 0.6) is 11.5 Å². The third kappa shape index (κ3) is 2.48. The van der Waals surface area contributed by atoms with Gasteiger partial charge in [-0.15, -0.1) is 0 Å². The molecular weight excluding hydrogens is 292 g/mol. The van der Waals surface area contributed by atoms with Gasteiger partial charge in [-0.2, -0.15) is 0 Å². The average Bonchev–Trinajstić information content (AvgIpc) is 2.62. The molecule has 1 aromatic heterocycles. The number of hydrogen-bond acceptors (Lipinski definition) is 6. The van der Waals surface area contributed by atoms with E-state index in [2.05, 4.69) is 20.6 Å². The van der Waals surface area contributed by atoms with Crippen molar-refractivity contribution < 1.29 is 9.47 Å². The van der Waals surface area contributed by atoms with Crippen molar-refractivity contribution in [3.8, 4) is 11.5 Å². The van der Waals surface area contributed by atoms with E-state index in [1.807, 2.05) is 36.4 Å². The van der Waals surface area contributed by atoms with Gasteiger partial charge in [0.25, 0.3) is 0 Å². The van der Waals surface area contributed by atoms with Crippen LogP contribution in [0.1, 0.15) is 0 Å². The van der Waals surface area contributed by atoms with Crippen molar-refractivity contribution in [2.45, 2.75) is 0 Å². The van der Waals surface area contributed by atoms with Gasteiger partial charge in [0.05, 0.1) is 23.7 Å². The van der Waals surface area contributed by atoms with E-state index in [1.165, 1.54) is 0 Å². The molecule has 6 nitrogen and oxygen atoms in total. The number of nitrogens with one attached hydrogen (secondary N) is 2. The van der Waals surface area contributed by atoms with Crippen molar-refractivity contribution in [2.24, 2.45) is 0 Å². The molecule has 0 fully saturated rings. The third-order valence-electron chi connectivity index (χ3n) is 3.77. The number of methoxy groups -OCH3 is 1. The van der Waals surface area contributed by atoms with E-state index in [0.29, 0.717) is 6.61 Å². The molecule has 6 heteroatoms. The van der Waals surface area contributed by atoms with Gasteiger partial charge in [-0.05, 0) is 36.4 Å². The second-order valence-electron chi connectivity index (χ2n) is 5.19. The van der Waals surface area contributed by atoms with Crippen LogP contribution >= 0.6 is 0 Å². The molecule has 0 saturated heterocycles. The first-order valence-electron chi connectivity index (χ1n) is 7.40. The highest BCUT2D eigenvalue weighted by Crippen LogP contribution is 2.38. The molecule has 23 heavy (non-hydrogen) atoms. The largest absolute Gasteiger partial charge is 0.497 e. The Labute approximate surface area is 133 Å². The predicted octanol–water partition coefficient (Wildman–Crippen LogP) is 3.19. The number of nitrogens with zero attached hydrogens (tertiary/aromatic N) is 2. The summed E-state index contributed by atoms with van der Waals surface area (Å²) in [5, 5.41) is 7.55. The Balaban J connectivity index is 1.79. The van der Waals surface area contributed by atoms with Crippen molar-refractivity contribution in [1.29, 1.82) is 0 Å². The van der Waals surface area contributed by atoms with Crippen LogP contribution in [0, 0.1) is 0 Å². The second kappa shape index (κ2) is 5.64. The lowest BCUT2D eigenvalue weighted by Gasteiger charge is -2.21. The Morgan fingerprint density at radius 1 is 1.13 bits per heavy atom. The summed E-state index contributed by atoms with van der Waals surface area (Å²) in [5.74, 6) is 2.33. The molecule has 1 aliphatic rings. The molecule has 0 bridgehead atoms. The van der Waals surface area contributed by atoms with Gasteiger partial charge in [0.2, 0.25) is 0 Å². The van der Waals surface area contributed by atoms with Crippen molar-refractivity contribution in [2.75, 3.05) is 30.9 Å². The van der Waals surface area contributed by atoms with Crippen LogP contribution in [0.2, 0.25) is 0 Å². The topological polar surface area (TPSA) is 68.3 Å². The first kappa shape index (κ1) is 13.6. The number of anilines is 3. The van der Waals surface area contributed by atoms with E-state index >= 15 is 0 Å². The fourth-order valence-corrected chi connectivity index (χ4v) is 2.66. The van der Waals surface area contributed by atoms with E-state index in [1.54, 1.807) is 13.4 Å². The van der Waals surface area contributed by atoms with E-state index in [-0.39, 0.29) is 0 Å². The summed E-state index contributed by atoms with van der Waals surface area (Å²) in [7, 11) is 1.65. The van der Waals surface area contributed by atoms with Crippen LogP contribution in [0.25, 0.3) is 10.9 Å². The number of ether oxygens (including phenoxy) is 2. The molecule has 0 amide bonds. The minimum atomic E-state index is 0.628. The number of aromatic nitrogens is 2. The molecule has 0 aliphatic carbocycles. The second-order valence-corrected chi connectivity index (χ2v) is 5.19. The van der Waals surface area contributed by atoms with Gasteiger partial charge < -0.3 is 20.1 Å². The molecule has 2 N–H and O–H groups in total. The molecule has 0 spiro atoms. The Bertz CT molecular complexity index is 849. The number of benzene rings is 2. The molecule has 0 saturated carbocycles. The third-order valence-corrected chi connectivity index (χ3v) is 3.77. The van der Waals surface area contributed by atoms with E-state index in [9.17, 15) is 0 Å². The van der Waals surface area contributed by atoms with E-state index in [0.717, 1.165) is 46.1 Å². The monoisotopic (exact) mass is 308 g/mol. The standard InChI is InChI=1S/C17H16N4O2/c1-22-12-4-2-11(3-5-12)21-17-15-13(19-10-20-17)6-7-14-16(15)23-9-8-18-14/h2-7,10,18H,8-9H2,1H3,(H,19,20,21). The van der Waals surface area contributed by atoms with Crippen LogP contribution in [-0.4, -0.2) is 30.2 Å². The maximum Gasteiger partial charge on any atom is 0.155 e. The lowest BCUT2D eigenvalue weighted by Crippen LogP contribution is -2.18. The summed E-state index contributed by atoms with van der Waals surface area (Å²) in [4.78, 5) is 8.73. The summed E-state index contributed by atoms with van der Waals surface area (Å²) in [6.45, 7) is 1.43. The van der Waals surface area contributed by atoms with Gasteiger partial charge in [0.15, 0.2) is 5.75 Å². The maximum absolute atomic E-state index is 5.85. The molecule has 1 aliphatic heterocycles. The predicted molar refractivity (Wildman–Crippen MR) is 89.8 cm³/mol. The fraction of sp³-hybridized carbons (Fsp3) is 0.176. The molecule has 2 aromatic carbocycles. The van der Waals surface area contributed by atoms with Crippen LogP contribution in [0.3, 0.4) is 0 Å². The van der Waals surface area contributed by atoms with Crippen molar-refractivity contribution in [1.82, 2.24) is 9.97 Å². The fourth-order valence-electron chi connectivity index (χ4n) is 2.66. The Morgan fingerprint density at radius 2 is 2.00 bits per heavy atom. The minimum Gasteiger partial charge on any atom is -0.497 e. The highest BCUT2D eigenvalue weighted by atomic mass is 16.5. The Kier molecular flexibility index (Phi) is 3.34. The zero-order chi connectivity index (χ0) is 15.6. The zero-order valence-corrected chi connectivity index (χ0v) is 12.7. The lowest BCUT2D eigenvalue weighted by atomic mass is 10.1. The van der Waals surface area contributed by atoms with Crippen molar-refractivity contribution >= 4 is 28.1 Å². The van der Waals surface area contributed by atoms with Crippen LogP contribution in [0.4, 0.5) is 17.2 Å². The Hall–Kier alpha value is -3.02. The summed E-state index contributed by atoms with van der Waals surface area (Å²) in [6.07, 6.45) is 1.55. The normalized spacial score (nSPS) is 12.9. The van der Waals surface area contributed by atoms with Gasteiger partial charge in [0.1, 0.15) is 24.5 Å². The molecule has 3 aromatic rings. The van der Waals surface area contributed by atoms with Crippen molar-refractivity contribution in [3.05, 3.63) is 42.7 Å². The van der Waals surface area contributed by atoms with Crippen LogP contribution in [-0.2, 0) is 0 Å². The number of hydrogen-bond donors (Lipinski definition) is 2. The summed E-state index contributed by atoms with van der Waals surface area (Å²) < 4.78 is 11.0. The SMILES string of the molecule is COc1ccc(Nc2ncnc3ccc4c(c23)OCCN4)cc1. The minimum absolute atomic E-state index is 0.628. The molecule has 2 heterocycles. The summed E-state index contributed by atoms with van der Waals surface area (Å²) >= 11 is 0. The molecule has 0 unspecified atom stereocenters. The van der Waals surface area contributed by atoms with Crippen LogP contribution < -0.4 is 20.1 Å². The molecule has 0 radical (unpaired) electrons. The molecule has 116 valence electrons. The quantitative estimate of drug-likeness (QED) is 0.774. The molecule has 0 atom stereocenters. The van der Waals surface area contributed by atoms with Gasteiger partial charge in [-0.3, -0.25) is 0 Å². The highest BCUT2D eigenvalue weighted by molar-refractivity contribution is 5.99. The first-order chi connectivity index (χ1) is 11.3. The maximum atomic E-state index is 5.85.